The summed E-state index contributed by atoms with van der Waals surface area (Å²) in [6.07, 6.45) is 1.53. The predicted octanol–water partition coefficient (Wildman–Crippen LogP) is 5.60. The zero-order chi connectivity index (χ0) is 24.5. The van der Waals surface area contributed by atoms with Gasteiger partial charge in [-0.2, -0.15) is 0 Å². The number of ether oxygens (including phenoxy) is 1. The Morgan fingerprint density at radius 3 is 2.41 bits per heavy atom. The van der Waals surface area contributed by atoms with E-state index in [1.54, 1.807) is 36.4 Å². The molecule has 0 radical (unpaired) electrons. The number of likely N-dealkylation sites (tertiary alicyclic amines) is 1. The Labute approximate surface area is 199 Å². The predicted molar refractivity (Wildman–Crippen MR) is 129 cm³/mol. The number of carbonyl (C=O) groups is 2. The molecular weight excluding hydrogens is 430 g/mol. The molecule has 0 aliphatic carbocycles. The van der Waals surface area contributed by atoms with Crippen LogP contribution in [0, 0.1) is 0 Å². The molecule has 1 amide bonds. The lowest BCUT2D eigenvalue weighted by Crippen LogP contribution is -2.29. The van der Waals surface area contributed by atoms with Crippen molar-refractivity contribution in [3.63, 3.8) is 0 Å². The SMILES string of the molecule is CCOc1cccc(C(O)=C2C(=O)C(=O)N(Cc3ccco3)C2c2ccc(C(C)(C)C)cc2)c1. The van der Waals surface area contributed by atoms with Crippen molar-refractivity contribution in [2.24, 2.45) is 0 Å². The van der Waals surface area contributed by atoms with Crippen LogP contribution < -0.4 is 4.74 Å². The number of rotatable bonds is 6. The largest absolute Gasteiger partial charge is 0.507 e. The molecule has 1 N–H and O–H groups in total. The first-order valence-electron chi connectivity index (χ1n) is 11.3. The van der Waals surface area contributed by atoms with Gasteiger partial charge in [0.2, 0.25) is 0 Å². The summed E-state index contributed by atoms with van der Waals surface area (Å²) in [5, 5.41) is 11.3. The van der Waals surface area contributed by atoms with Gasteiger partial charge in [-0.1, -0.05) is 57.2 Å². The molecule has 1 aliphatic heterocycles. The molecule has 2 heterocycles. The van der Waals surface area contributed by atoms with Gasteiger partial charge in [-0.05, 0) is 47.7 Å². The van der Waals surface area contributed by atoms with Gasteiger partial charge in [0.25, 0.3) is 11.7 Å². The lowest BCUT2D eigenvalue weighted by Gasteiger charge is -2.26. The number of hydrogen-bond donors (Lipinski definition) is 1. The van der Waals surface area contributed by atoms with Crippen LogP contribution >= 0.6 is 0 Å². The van der Waals surface area contributed by atoms with Crippen molar-refractivity contribution in [3.05, 3.63) is 95.0 Å². The summed E-state index contributed by atoms with van der Waals surface area (Å²) in [5.74, 6) is -0.509. The molecule has 4 rings (SSSR count). The van der Waals surface area contributed by atoms with Gasteiger partial charge in [-0.25, -0.2) is 0 Å². The highest BCUT2D eigenvalue weighted by Gasteiger charge is 2.46. The maximum absolute atomic E-state index is 13.2. The minimum absolute atomic E-state index is 0.0474. The molecule has 0 saturated carbocycles. The van der Waals surface area contributed by atoms with Crippen LogP contribution in [0.4, 0.5) is 0 Å². The summed E-state index contributed by atoms with van der Waals surface area (Å²) in [6, 6.07) is 17.4. The van der Waals surface area contributed by atoms with Crippen molar-refractivity contribution in [3.8, 4) is 5.75 Å². The number of hydrogen-bond acceptors (Lipinski definition) is 5. The van der Waals surface area contributed by atoms with E-state index in [1.165, 1.54) is 11.2 Å². The monoisotopic (exact) mass is 459 g/mol. The summed E-state index contributed by atoms with van der Waals surface area (Å²) in [7, 11) is 0. The number of carbonyl (C=O) groups excluding carboxylic acids is 2. The highest BCUT2D eigenvalue weighted by Crippen LogP contribution is 2.41. The first kappa shape index (κ1) is 23.4. The van der Waals surface area contributed by atoms with Gasteiger partial charge in [-0.3, -0.25) is 9.59 Å². The molecule has 1 aliphatic rings. The highest BCUT2D eigenvalue weighted by molar-refractivity contribution is 6.46. The minimum Gasteiger partial charge on any atom is -0.507 e. The molecule has 1 aromatic heterocycles. The summed E-state index contributed by atoms with van der Waals surface area (Å²) in [5.41, 5.74) is 2.28. The van der Waals surface area contributed by atoms with Gasteiger partial charge in [0, 0.05) is 5.56 Å². The number of nitrogens with zero attached hydrogens (tertiary/aromatic N) is 1. The fourth-order valence-electron chi connectivity index (χ4n) is 4.18. The zero-order valence-corrected chi connectivity index (χ0v) is 19.9. The van der Waals surface area contributed by atoms with Gasteiger partial charge in [0.1, 0.15) is 17.3 Å². The Balaban J connectivity index is 1.84. The summed E-state index contributed by atoms with van der Waals surface area (Å²) >= 11 is 0. The van der Waals surface area contributed by atoms with Crippen LogP contribution in [0.3, 0.4) is 0 Å². The minimum atomic E-state index is -0.755. The molecule has 176 valence electrons. The van der Waals surface area contributed by atoms with Crippen LogP contribution in [-0.4, -0.2) is 28.3 Å². The number of aliphatic hydroxyl groups excluding tert-OH is 1. The van der Waals surface area contributed by atoms with E-state index < -0.39 is 17.7 Å². The van der Waals surface area contributed by atoms with Gasteiger partial charge < -0.3 is 19.2 Å². The number of furan rings is 1. The molecule has 2 aromatic carbocycles. The van der Waals surface area contributed by atoms with Crippen molar-refractivity contribution in [2.45, 2.75) is 45.7 Å². The van der Waals surface area contributed by atoms with E-state index in [9.17, 15) is 14.7 Å². The standard InChI is InChI=1S/C28H29NO5/c1-5-33-21-9-6-8-19(16-21)25(30)23-24(18-11-13-20(14-12-18)28(2,3)4)29(27(32)26(23)31)17-22-10-7-15-34-22/h6-16,24,30H,5,17H2,1-4H3. The van der Waals surface area contributed by atoms with Gasteiger partial charge >= 0.3 is 0 Å². The molecule has 1 saturated heterocycles. The number of benzene rings is 2. The Kier molecular flexibility index (Phi) is 6.33. The van der Waals surface area contributed by atoms with E-state index >= 15 is 0 Å². The van der Waals surface area contributed by atoms with Crippen LogP contribution in [0.2, 0.25) is 0 Å². The smallest absolute Gasteiger partial charge is 0.296 e. The Morgan fingerprint density at radius 2 is 1.79 bits per heavy atom. The molecule has 6 nitrogen and oxygen atoms in total. The molecular formula is C28H29NO5. The summed E-state index contributed by atoms with van der Waals surface area (Å²) in [6.45, 7) is 8.81. The molecule has 0 bridgehead atoms. The third-order valence-electron chi connectivity index (χ3n) is 5.96. The molecule has 1 unspecified atom stereocenters. The number of amides is 1. The fourth-order valence-corrected chi connectivity index (χ4v) is 4.18. The van der Waals surface area contributed by atoms with Crippen molar-refractivity contribution >= 4 is 17.4 Å². The second kappa shape index (κ2) is 9.21. The molecule has 1 atom stereocenters. The van der Waals surface area contributed by atoms with Crippen molar-refractivity contribution < 1.29 is 23.8 Å². The molecule has 1 fully saturated rings. The Hall–Kier alpha value is -3.80. The third-order valence-corrected chi connectivity index (χ3v) is 5.96. The van der Waals surface area contributed by atoms with Gasteiger partial charge in [-0.15, -0.1) is 0 Å². The van der Waals surface area contributed by atoms with E-state index in [2.05, 4.69) is 20.8 Å². The fraction of sp³-hybridized carbons (Fsp3) is 0.286. The van der Waals surface area contributed by atoms with Crippen LogP contribution in [0.5, 0.6) is 5.75 Å². The number of Topliss-reactive ketones (excluding diaryl/α,β-unsaturated/α-hetero) is 1. The van der Waals surface area contributed by atoms with E-state index in [0.717, 1.165) is 11.1 Å². The van der Waals surface area contributed by atoms with Crippen molar-refractivity contribution in [1.29, 1.82) is 0 Å². The van der Waals surface area contributed by atoms with Gasteiger partial charge in [0.15, 0.2) is 0 Å². The molecule has 0 spiro atoms. The summed E-state index contributed by atoms with van der Waals surface area (Å²) in [4.78, 5) is 27.8. The second-order valence-electron chi connectivity index (χ2n) is 9.34. The quantitative estimate of drug-likeness (QED) is 0.295. The van der Waals surface area contributed by atoms with Crippen LogP contribution in [0.15, 0.2) is 76.9 Å². The first-order valence-corrected chi connectivity index (χ1v) is 11.3. The maximum Gasteiger partial charge on any atom is 0.296 e. The van der Waals surface area contributed by atoms with E-state index in [1.807, 2.05) is 31.2 Å². The van der Waals surface area contributed by atoms with Crippen LogP contribution in [0.1, 0.15) is 56.2 Å². The third kappa shape index (κ3) is 4.49. The van der Waals surface area contributed by atoms with Crippen molar-refractivity contribution in [1.82, 2.24) is 4.90 Å². The highest BCUT2D eigenvalue weighted by atomic mass is 16.5. The average Bonchev–Trinajstić information content (AvgIpc) is 3.41. The Morgan fingerprint density at radius 1 is 1.06 bits per heavy atom. The zero-order valence-electron chi connectivity index (χ0n) is 19.9. The number of aliphatic hydroxyl groups is 1. The summed E-state index contributed by atoms with van der Waals surface area (Å²) < 4.78 is 11.0. The molecule has 6 heteroatoms. The maximum atomic E-state index is 13.2. The normalized spacial score (nSPS) is 17.9. The second-order valence-corrected chi connectivity index (χ2v) is 9.34. The van der Waals surface area contributed by atoms with Crippen LogP contribution in [-0.2, 0) is 21.5 Å². The van der Waals surface area contributed by atoms with E-state index in [0.29, 0.717) is 23.7 Å². The topological polar surface area (TPSA) is 80.0 Å². The Bertz CT molecular complexity index is 1220. The first-order chi connectivity index (χ1) is 16.2. The van der Waals surface area contributed by atoms with E-state index in [-0.39, 0.29) is 23.3 Å². The molecule has 3 aromatic rings. The lowest BCUT2D eigenvalue weighted by atomic mass is 9.85. The van der Waals surface area contributed by atoms with E-state index in [4.69, 9.17) is 9.15 Å². The van der Waals surface area contributed by atoms with Crippen LogP contribution in [0.25, 0.3) is 5.76 Å². The molecule has 34 heavy (non-hydrogen) atoms. The van der Waals surface area contributed by atoms with Gasteiger partial charge in [0.05, 0.1) is 31.0 Å². The number of ketones is 1. The van der Waals surface area contributed by atoms with Crippen molar-refractivity contribution in [2.75, 3.05) is 6.61 Å². The average molecular weight is 460 g/mol. The lowest BCUT2D eigenvalue weighted by molar-refractivity contribution is -0.140.